The number of benzene rings is 3. The van der Waals surface area contributed by atoms with Gasteiger partial charge < -0.3 is 4.90 Å². The van der Waals surface area contributed by atoms with Crippen molar-refractivity contribution in [2.75, 3.05) is 20.1 Å². The van der Waals surface area contributed by atoms with Crippen LogP contribution in [0.5, 0.6) is 0 Å². The zero-order valence-electron chi connectivity index (χ0n) is 18.6. The molecule has 0 saturated carbocycles. The Morgan fingerprint density at radius 3 is 2.18 bits per heavy atom. The average Bonchev–Trinajstić information content (AvgIpc) is 3.07. The molecule has 1 aliphatic heterocycles. The van der Waals surface area contributed by atoms with Crippen molar-refractivity contribution < 1.29 is 21.8 Å². The SMILES string of the molecule is CN1CC[C@@H]2C(c3ccc(F)cc3)c3ccc(F)cc3[C@H]2C1.Cc1ccc(S(=O)(=O)O)cc1. The number of fused-ring (bicyclic) bond motifs is 3. The molecule has 0 bridgehead atoms. The van der Waals surface area contributed by atoms with Crippen LogP contribution < -0.4 is 0 Å². The Kier molecular flexibility index (Phi) is 6.66. The van der Waals surface area contributed by atoms with Crippen LogP contribution in [-0.2, 0) is 10.1 Å². The van der Waals surface area contributed by atoms with E-state index in [0.29, 0.717) is 11.8 Å². The molecule has 0 spiro atoms. The van der Waals surface area contributed by atoms with E-state index >= 15 is 0 Å². The number of piperidine rings is 1. The summed E-state index contributed by atoms with van der Waals surface area (Å²) in [6.07, 6.45) is 1.10. The molecule has 33 heavy (non-hydrogen) atoms. The summed E-state index contributed by atoms with van der Waals surface area (Å²) in [5.74, 6) is 0.749. The summed E-state index contributed by atoms with van der Waals surface area (Å²) < 4.78 is 56.5. The Bertz CT molecular complexity index is 1230. The van der Waals surface area contributed by atoms with E-state index in [0.717, 1.165) is 36.2 Å². The molecule has 5 rings (SSSR count). The highest BCUT2D eigenvalue weighted by atomic mass is 32.2. The van der Waals surface area contributed by atoms with Gasteiger partial charge in [-0.3, -0.25) is 4.55 Å². The predicted molar refractivity (Wildman–Crippen MR) is 124 cm³/mol. The van der Waals surface area contributed by atoms with Crippen LogP contribution in [0.3, 0.4) is 0 Å². The van der Waals surface area contributed by atoms with E-state index in [1.54, 1.807) is 24.3 Å². The second-order valence-corrected chi connectivity index (χ2v) is 10.3. The van der Waals surface area contributed by atoms with E-state index in [2.05, 4.69) is 11.9 Å². The fraction of sp³-hybridized carbons (Fsp3) is 0.308. The number of rotatable bonds is 2. The number of nitrogens with zero attached hydrogens (tertiary/aromatic N) is 1. The van der Waals surface area contributed by atoms with Gasteiger partial charge in [-0.05, 0) is 85.9 Å². The van der Waals surface area contributed by atoms with Gasteiger partial charge in [0.15, 0.2) is 0 Å². The van der Waals surface area contributed by atoms with Crippen LogP contribution in [0.2, 0.25) is 0 Å². The van der Waals surface area contributed by atoms with E-state index in [4.69, 9.17) is 4.55 Å². The Hall–Kier alpha value is -2.61. The summed E-state index contributed by atoms with van der Waals surface area (Å²) in [7, 11) is -1.89. The maximum atomic E-state index is 13.7. The fourth-order valence-corrected chi connectivity index (χ4v) is 5.53. The lowest BCUT2D eigenvalue weighted by molar-refractivity contribution is 0.191. The molecule has 4 nitrogen and oxygen atoms in total. The van der Waals surface area contributed by atoms with Crippen molar-refractivity contribution in [3.05, 3.63) is 101 Å². The summed E-state index contributed by atoms with van der Waals surface area (Å²) in [5.41, 5.74) is 4.47. The van der Waals surface area contributed by atoms with Crippen LogP contribution in [0.15, 0.2) is 71.6 Å². The van der Waals surface area contributed by atoms with Crippen molar-refractivity contribution >= 4 is 10.1 Å². The smallest absolute Gasteiger partial charge is 0.294 e. The zero-order chi connectivity index (χ0) is 23.8. The number of hydrogen-bond acceptors (Lipinski definition) is 3. The van der Waals surface area contributed by atoms with Crippen LogP contribution in [-0.4, -0.2) is 38.0 Å². The number of halogens is 2. The van der Waals surface area contributed by atoms with Gasteiger partial charge >= 0.3 is 0 Å². The van der Waals surface area contributed by atoms with Gasteiger partial charge in [-0.1, -0.05) is 35.9 Å². The number of hydrogen-bond donors (Lipinski definition) is 1. The molecule has 0 aromatic heterocycles. The summed E-state index contributed by atoms with van der Waals surface area (Å²) in [4.78, 5) is 2.26. The van der Waals surface area contributed by atoms with Gasteiger partial charge in [-0.25, -0.2) is 8.78 Å². The van der Waals surface area contributed by atoms with Crippen molar-refractivity contribution in [2.24, 2.45) is 5.92 Å². The first-order chi connectivity index (χ1) is 15.6. The van der Waals surface area contributed by atoms with Crippen molar-refractivity contribution in [3.63, 3.8) is 0 Å². The highest BCUT2D eigenvalue weighted by molar-refractivity contribution is 7.85. The molecule has 1 aliphatic carbocycles. The summed E-state index contributed by atoms with van der Waals surface area (Å²) >= 11 is 0. The maximum absolute atomic E-state index is 13.7. The van der Waals surface area contributed by atoms with Crippen LogP contribution in [0, 0.1) is 24.5 Å². The van der Waals surface area contributed by atoms with Crippen molar-refractivity contribution in [1.29, 1.82) is 0 Å². The molecule has 1 saturated heterocycles. The van der Waals surface area contributed by atoms with Crippen LogP contribution in [0.1, 0.15) is 40.5 Å². The van der Waals surface area contributed by atoms with Crippen molar-refractivity contribution in [2.45, 2.75) is 30.1 Å². The second kappa shape index (κ2) is 9.33. The van der Waals surface area contributed by atoms with Gasteiger partial charge in [-0.15, -0.1) is 0 Å². The maximum Gasteiger partial charge on any atom is 0.294 e. The molecule has 174 valence electrons. The van der Waals surface area contributed by atoms with Crippen molar-refractivity contribution in [1.82, 2.24) is 4.90 Å². The van der Waals surface area contributed by atoms with E-state index in [1.807, 2.05) is 25.1 Å². The quantitative estimate of drug-likeness (QED) is 0.510. The Balaban J connectivity index is 0.000000200. The molecule has 3 aromatic carbocycles. The molecule has 7 heteroatoms. The zero-order valence-corrected chi connectivity index (χ0v) is 19.4. The Morgan fingerprint density at radius 2 is 1.55 bits per heavy atom. The van der Waals surface area contributed by atoms with E-state index < -0.39 is 10.1 Å². The topological polar surface area (TPSA) is 57.6 Å². The van der Waals surface area contributed by atoms with Crippen LogP contribution in [0.25, 0.3) is 0 Å². The van der Waals surface area contributed by atoms with E-state index in [9.17, 15) is 17.2 Å². The lowest BCUT2D eigenvalue weighted by atomic mass is 9.78. The summed E-state index contributed by atoms with van der Waals surface area (Å²) in [6, 6.07) is 18.0. The van der Waals surface area contributed by atoms with Gasteiger partial charge in [0.25, 0.3) is 10.1 Å². The third-order valence-electron chi connectivity index (χ3n) is 6.63. The Labute approximate surface area is 193 Å². The third-order valence-corrected chi connectivity index (χ3v) is 7.50. The van der Waals surface area contributed by atoms with E-state index in [1.165, 1.54) is 29.8 Å². The van der Waals surface area contributed by atoms with Gasteiger partial charge in [0, 0.05) is 18.4 Å². The van der Waals surface area contributed by atoms with Crippen LogP contribution in [0.4, 0.5) is 8.78 Å². The predicted octanol–water partition coefficient (Wildman–Crippen LogP) is 5.39. The normalized spacial score (nSPS) is 22.2. The molecule has 0 radical (unpaired) electrons. The van der Waals surface area contributed by atoms with E-state index in [-0.39, 0.29) is 22.4 Å². The first kappa shape index (κ1) is 23.5. The fourth-order valence-electron chi connectivity index (χ4n) is 5.05. The lowest BCUT2D eigenvalue weighted by Gasteiger charge is -2.35. The van der Waals surface area contributed by atoms with Gasteiger partial charge in [0.1, 0.15) is 11.6 Å². The monoisotopic (exact) mass is 471 g/mol. The number of likely N-dealkylation sites (tertiary alicyclic amines) is 1. The van der Waals surface area contributed by atoms with Gasteiger partial charge in [0.2, 0.25) is 0 Å². The molecule has 2 aliphatic rings. The minimum Gasteiger partial charge on any atom is -0.306 e. The van der Waals surface area contributed by atoms with Crippen molar-refractivity contribution in [3.8, 4) is 0 Å². The lowest BCUT2D eigenvalue weighted by Crippen LogP contribution is -2.36. The number of likely N-dealkylation sites (N-methyl/N-ethyl adjacent to an activating group) is 1. The second-order valence-electron chi connectivity index (χ2n) is 8.91. The molecule has 3 aromatic rings. The average molecular weight is 472 g/mol. The Morgan fingerprint density at radius 1 is 0.909 bits per heavy atom. The third kappa shape index (κ3) is 5.16. The van der Waals surface area contributed by atoms with Crippen LogP contribution >= 0.6 is 0 Å². The van der Waals surface area contributed by atoms with Gasteiger partial charge in [-0.2, -0.15) is 8.42 Å². The molecule has 1 unspecified atom stereocenters. The molecule has 1 heterocycles. The highest BCUT2D eigenvalue weighted by Crippen LogP contribution is 2.52. The first-order valence-electron chi connectivity index (χ1n) is 10.9. The molecular weight excluding hydrogens is 444 g/mol. The minimum absolute atomic E-state index is 0.0666. The molecular formula is C26H27F2NO3S. The van der Waals surface area contributed by atoms with Gasteiger partial charge in [0.05, 0.1) is 4.90 Å². The first-order valence-corrected chi connectivity index (χ1v) is 12.3. The standard InChI is InChI=1S/C19H19F2N.C7H8O3S/c1-22-9-8-16-18(11-22)17-10-14(21)6-7-15(17)19(16)12-2-4-13(20)5-3-12;1-6-2-4-7(5-3-6)11(8,9)10/h2-7,10,16,18-19H,8-9,11H2,1H3;2-5H,1H3,(H,8,9,10)/t16-,18-,19?;/m0./s1. The molecule has 3 atom stereocenters. The summed E-state index contributed by atoms with van der Waals surface area (Å²) in [6.45, 7) is 3.88. The molecule has 0 amide bonds. The summed E-state index contributed by atoms with van der Waals surface area (Å²) in [5, 5.41) is 0. The molecule has 1 fully saturated rings. The number of aryl methyl sites for hydroxylation is 1. The molecule has 1 N–H and O–H groups in total. The largest absolute Gasteiger partial charge is 0.306 e. The minimum atomic E-state index is -4.02. The highest BCUT2D eigenvalue weighted by Gasteiger charge is 2.43.